The molecule has 8 nitrogen and oxygen atoms in total. The van der Waals surface area contributed by atoms with Crippen molar-refractivity contribution < 1.29 is 19.1 Å². The van der Waals surface area contributed by atoms with Crippen LogP contribution in [0.2, 0.25) is 5.02 Å². The molecule has 0 bridgehead atoms. The van der Waals surface area contributed by atoms with Crippen LogP contribution in [0, 0.1) is 0 Å². The minimum atomic E-state index is -0.754. The minimum Gasteiger partial charge on any atom is -0.490 e. The maximum atomic E-state index is 12.4. The van der Waals surface area contributed by atoms with Gasteiger partial charge in [-0.15, -0.1) is 15.3 Å². The highest BCUT2D eigenvalue weighted by Crippen LogP contribution is 2.37. The van der Waals surface area contributed by atoms with E-state index in [9.17, 15) is 4.79 Å². The van der Waals surface area contributed by atoms with Gasteiger partial charge in [0.2, 0.25) is 0 Å². The Balaban J connectivity index is 1.33. The molecule has 0 radical (unpaired) electrons. The summed E-state index contributed by atoms with van der Waals surface area (Å²) in [5, 5.41) is 11.4. The van der Waals surface area contributed by atoms with Crippen LogP contribution in [0.5, 0.6) is 5.75 Å². The molecule has 2 heterocycles. The highest BCUT2D eigenvalue weighted by Gasteiger charge is 2.32. The van der Waals surface area contributed by atoms with Gasteiger partial charge in [0.05, 0.1) is 24.9 Å². The first-order valence-electron chi connectivity index (χ1n) is 14.0. The third kappa shape index (κ3) is 6.61. The van der Waals surface area contributed by atoms with Gasteiger partial charge in [0.1, 0.15) is 17.2 Å². The number of aromatic nitrogens is 3. The van der Waals surface area contributed by atoms with Crippen molar-refractivity contribution in [3.8, 4) is 11.4 Å². The Hall–Kier alpha value is -3.10. The van der Waals surface area contributed by atoms with Gasteiger partial charge in [-0.3, -0.25) is 4.57 Å². The monoisotopic (exact) mass is 566 g/mol. The van der Waals surface area contributed by atoms with Gasteiger partial charge in [-0.1, -0.05) is 44.5 Å². The second-order valence-electron chi connectivity index (χ2n) is 12.8. The molecule has 1 aromatic heterocycles. The largest absolute Gasteiger partial charge is 0.528 e. The minimum absolute atomic E-state index is 0.0799. The van der Waals surface area contributed by atoms with Crippen molar-refractivity contribution in [2.75, 3.05) is 0 Å². The van der Waals surface area contributed by atoms with Crippen LogP contribution < -0.4 is 4.74 Å². The Kier molecular flexibility index (Phi) is 7.86. The summed E-state index contributed by atoms with van der Waals surface area (Å²) in [6, 6.07) is 14.2. The molecular weight excluding hydrogens is 528 g/mol. The molecule has 40 heavy (non-hydrogen) atoms. The first kappa shape index (κ1) is 28.4. The molecule has 9 heteroatoms. The van der Waals surface area contributed by atoms with Gasteiger partial charge >= 0.3 is 6.16 Å². The lowest BCUT2D eigenvalue weighted by atomic mass is 9.86. The van der Waals surface area contributed by atoms with Crippen LogP contribution in [0.1, 0.15) is 95.9 Å². The molecule has 0 saturated heterocycles. The zero-order chi connectivity index (χ0) is 28.7. The second-order valence-corrected chi connectivity index (χ2v) is 13.2. The third-order valence-corrected chi connectivity index (χ3v) is 7.57. The molecule has 0 spiro atoms. The number of benzene rings is 2. The topological polar surface area (TPSA) is 78.7 Å². The van der Waals surface area contributed by atoms with Gasteiger partial charge < -0.3 is 14.3 Å². The smallest absolute Gasteiger partial charge is 0.490 e. The van der Waals surface area contributed by atoms with Crippen molar-refractivity contribution in [1.82, 2.24) is 19.8 Å². The highest BCUT2D eigenvalue weighted by atomic mass is 35.5. The van der Waals surface area contributed by atoms with E-state index < -0.39 is 11.8 Å². The van der Waals surface area contributed by atoms with E-state index in [2.05, 4.69) is 53.7 Å². The average Bonchev–Trinajstić information content (AvgIpc) is 3.19. The normalized spacial score (nSPS) is 19.8. The zero-order valence-corrected chi connectivity index (χ0v) is 25.0. The summed E-state index contributed by atoms with van der Waals surface area (Å²) < 4.78 is 13.9. The maximum Gasteiger partial charge on any atom is 0.528 e. The van der Waals surface area contributed by atoms with Gasteiger partial charge in [0.15, 0.2) is 5.82 Å². The Morgan fingerprint density at radius 2 is 1.70 bits per heavy atom. The molecule has 1 saturated carbocycles. The van der Waals surface area contributed by atoms with Gasteiger partial charge in [-0.2, -0.15) is 0 Å². The average molecular weight is 567 g/mol. The van der Waals surface area contributed by atoms with Crippen LogP contribution >= 0.6 is 11.6 Å². The van der Waals surface area contributed by atoms with Crippen molar-refractivity contribution >= 4 is 17.8 Å². The molecule has 0 amide bonds. The van der Waals surface area contributed by atoms with Crippen molar-refractivity contribution in [1.29, 1.82) is 0 Å². The highest BCUT2D eigenvalue weighted by molar-refractivity contribution is 6.30. The summed E-state index contributed by atoms with van der Waals surface area (Å²) in [7, 11) is 0. The van der Waals surface area contributed by atoms with Crippen molar-refractivity contribution in [3.63, 3.8) is 0 Å². The van der Waals surface area contributed by atoms with E-state index in [1.807, 2.05) is 24.3 Å². The fourth-order valence-electron chi connectivity index (χ4n) is 5.37. The van der Waals surface area contributed by atoms with Crippen LogP contribution in [-0.2, 0) is 28.1 Å². The Morgan fingerprint density at radius 3 is 2.40 bits per heavy atom. The molecule has 0 N–H and O–H groups in total. The summed E-state index contributed by atoms with van der Waals surface area (Å²) in [4.78, 5) is 18.0. The number of nitrogens with zero attached hydrogens (tertiary/aromatic N) is 4. The number of carbonyl (C=O) groups excluding carboxylic acids is 1. The molecular formula is C31H39ClN4O4. The van der Waals surface area contributed by atoms with Gasteiger partial charge in [-0.25, -0.2) is 4.79 Å². The summed E-state index contributed by atoms with van der Waals surface area (Å²) in [6.07, 6.45) is 3.19. The standard InChI is InChI=1S/C31H39ClN4O4/c1-30(2,3)22-8-7-9-25(17-22)38-24-13-10-20(11-14-24)28-34-33-27-19-35(40-29(37)39-31(4,5)6)18-21-16-23(32)12-15-26(21)36(27)28/h7-9,12,15-17,20,24H,10-11,13-14,18-19H2,1-6H3. The van der Waals surface area contributed by atoms with Crippen molar-refractivity contribution in [2.45, 2.75) is 103 Å². The number of fused-ring (bicyclic) bond motifs is 3. The summed E-state index contributed by atoms with van der Waals surface area (Å²) in [6.45, 7) is 12.7. The molecule has 1 aliphatic carbocycles. The lowest BCUT2D eigenvalue weighted by Gasteiger charge is -2.29. The molecule has 0 atom stereocenters. The first-order valence-corrected chi connectivity index (χ1v) is 14.4. The SMILES string of the molecule is CC(C)(C)OC(=O)ON1Cc2cc(Cl)ccc2-n2c(nnc2C2CCC(Oc3cccc(C(C)(C)C)c3)CC2)C1. The lowest BCUT2D eigenvalue weighted by Crippen LogP contribution is -2.31. The number of hydrogen-bond donors (Lipinski definition) is 0. The van der Waals surface area contributed by atoms with Crippen molar-refractivity contribution in [3.05, 3.63) is 70.3 Å². The van der Waals surface area contributed by atoms with Crippen LogP contribution in [-0.4, -0.2) is 37.7 Å². The van der Waals surface area contributed by atoms with Gasteiger partial charge in [0.25, 0.3) is 0 Å². The lowest BCUT2D eigenvalue weighted by molar-refractivity contribution is -0.155. The Bertz CT molecular complexity index is 1370. The van der Waals surface area contributed by atoms with E-state index in [1.165, 1.54) is 5.56 Å². The van der Waals surface area contributed by atoms with E-state index in [0.29, 0.717) is 17.4 Å². The van der Waals surface area contributed by atoms with Crippen LogP contribution in [0.4, 0.5) is 4.79 Å². The molecule has 1 aliphatic heterocycles. The number of carbonyl (C=O) groups is 1. The van der Waals surface area contributed by atoms with Crippen molar-refractivity contribution in [2.24, 2.45) is 0 Å². The van der Waals surface area contributed by atoms with E-state index in [-0.39, 0.29) is 24.0 Å². The van der Waals surface area contributed by atoms with E-state index >= 15 is 0 Å². The molecule has 2 aliphatic rings. The van der Waals surface area contributed by atoms with Gasteiger partial charge in [-0.05, 0) is 93.3 Å². The van der Waals surface area contributed by atoms with Gasteiger partial charge in [0, 0.05) is 10.9 Å². The second kappa shape index (κ2) is 11.1. The van der Waals surface area contributed by atoms with E-state index in [0.717, 1.165) is 48.5 Å². The van der Waals surface area contributed by atoms with E-state index in [4.69, 9.17) is 25.9 Å². The number of rotatable bonds is 4. The number of halogens is 1. The maximum absolute atomic E-state index is 12.4. The van der Waals surface area contributed by atoms with Crippen LogP contribution in [0.25, 0.3) is 5.69 Å². The number of hydrogen-bond acceptors (Lipinski definition) is 7. The molecule has 5 rings (SSSR count). The Morgan fingerprint density at radius 1 is 0.950 bits per heavy atom. The summed E-state index contributed by atoms with van der Waals surface area (Å²) >= 11 is 6.37. The summed E-state index contributed by atoms with van der Waals surface area (Å²) in [5.41, 5.74) is 2.57. The number of ether oxygens (including phenoxy) is 2. The fraction of sp³-hybridized carbons (Fsp3) is 0.516. The van der Waals surface area contributed by atoms with Crippen LogP contribution in [0.15, 0.2) is 42.5 Å². The molecule has 2 aromatic carbocycles. The number of hydroxylamine groups is 2. The predicted molar refractivity (Wildman–Crippen MR) is 154 cm³/mol. The predicted octanol–water partition coefficient (Wildman–Crippen LogP) is 7.51. The zero-order valence-electron chi connectivity index (χ0n) is 24.2. The summed E-state index contributed by atoms with van der Waals surface area (Å²) in [5.74, 6) is 2.80. The molecule has 214 valence electrons. The first-order chi connectivity index (χ1) is 18.9. The molecule has 3 aromatic rings. The van der Waals surface area contributed by atoms with E-state index in [1.54, 1.807) is 25.8 Å². The molecule has 1 fully saturated rings. The Labute approximate surface area is 241 Å². The third-order valence-electron chi connectivity index (χ3n) is 7.34. The quantitative estimate of drug-likeness (QED) is 0.302. The molecule has 0 unspecified atom stereocenters. The fourth-order valence-corrected chi connectivity index (χ4v) is 5.56. The van der Waals surface area contributed by atoms with Crippen LogP contribution in [0.3, 0.4) is 0 Å².